The quantitative estimate of drug-likeness (QED) is 0.474. The van der Waals surface area contributed by atoms with Crippen molar-refractivity contribution >= 4 is 35.3 Å². The van der Waals surface area contributed by atoms with Crippen molar-refractivity contribution in [3.63, 3.8) is 0 Å². The first-order chi connectivity index (χ1) is 13.4. The normalized spacial score (nSPS) is 10.9. The highest BCUT2D eigenvalue weighted by molar-refractivity contribution is 6.35. The van der Waals surface area contributed by atoms with Crippen LogP contribution in [0.3, 0.4) is 0 Å². The number of carbonyl (C=O) groups excluding carboxylic acids is 1. The maximum absolute atomic E-state index is 12.3. The van der Waals surface area contributed by atoms with Crippen molar-refractivity contribution in [1.29, 1.82) is 0 Å². The van der Waals surface area contributed by atoms with Crippen molar-refractivity contribution in [3.05, 3.63) is 57.6 Å². The van der Waals surface area contributed by atoms with Crippen LogP contribution in [0.4, 0.5) is 8.78 Å². The number of nitrogens with one attached hydrogen (secondary N) is 1. The molecular formula is C18H16Cl2F2N2O4. The van der Waals surface area contributed by atoms with Gasteiger partial charge in [-0.3, -0.25) is 4.79 Å². The zero-order valence-corrected chi connectivity index (χ0v) is 16.1. The third-order valence-electron chi connectivity index (χ3n) is 3.37. The molecular weight excluding hydrogens is 417 g/mol. The third kappa shape index (κ3) is 6.86. The van der Waals surface area contributed by atoms with Crippen LogP contribution in [-0.4, -0.2) is 32.4 Å². The minimum absolute atomic E-state index is 0.101. The molecule has 2 aromatic carbocycles. The first-order valence-corrected chi connectivity index (χ1v) is 8.63. The van der Waals surface area contributed by atoms with Crippen LogP contribution in [0.1, 0.15) is 11.1 Å². The van der Waals surface area contributed by atoms with Gasteiger partial charge in [0.2, 0.25) is 0 Å². The highest BCUT2D eigenvalue weighted by atomic mass is 35.5. The fourth-order valence-electron chi connectivity index (χ4n) is 2.06. The number of ether oxygens (including phenoxy) is 2. The molecule has 0 bridgehead atoms. The average molecular weight is 433 g/mol. The lowest BCUT2D eigenvalue weighted by Gasteiger charge is -2.10. The van der Waals surface area contributed by atoms with Crippen LogP contribution in [0.5, 0.6) is 11.5 Å². The van der Waals surface area contributed by atoms with E-state index in [0.717, 1.165) is 0 Å². The van der Waals surface area contributed by atoms with Crippen molar-refractivity contribution < 1.29 is 27.9 Å². The summed E-state index contributed by atoms with van der Waals surface area (Å²) in [5, 5.41) is 7.23. The number of methoxy groups -OCH3 is 1. The van der Waals surface area contributed by atoms with E-state index in [2.05, 4.69) is 15.2 Å². The Morgan fingerprint density at radius 1 is 1.21 bits per heavy atom. The summed E-state index contributed by atoms with van der Waals surface area (Å²) in [6.45, 7) is -3.06. The Hall–Kier alpha value is -2.58. The standard InChI is InChI=1S/C18H16Cl2F2N2O4/c1-26-16-6-11(2-5-15(16)28-18(21)22)8-24-27-10-17(25)23-9-12-3-4-13(19)7-14(12)20/h2-8,18H,9-10H2,1H3,(H,23,25)/b24-8+. The Balaban J connectivity index is 1.81. The number of hydrogen-bond donors (Lipinski definition) is 1. The number of hydrogen-bond acceptors (Lipinski definition) is 5. The van der Waals surface area contributed by atoms with Crippen LogP contribution in [0.25, 0.3) is 0 Å². The monoisotopic (exact) mass is 432 g/mol. The second-order valence-corrected chi connectivity index (χ2v) is 6.15. The zero-order valence-electron chi connectivity index (χ0n) is 14.6. The molecule has 0 radical (unpaired) electrons. The van der Waals surface area contributed by atoms with E-state index in [1.165, 1.54) is 31.5 Å². The summed E-state index contributed by atoms with van der Waals surface area (Å²) in [5.41, 5.74) is 1.22. The molecule has 0 fully saturated rings. The van der Waals surface area contributed by atoms with Gasteiger partial charge in [-0.15, -0.1) is 0 Å². The van der Waals surface area contributed by atoms with Crippen LogP contribution in [0.2, 0.25) is 10.0 Å². The second kappa shape index (κ2) is 10.7. The summed E-state index contributed by atoms with van der Waals surface area (Å²) in [7, 11) is 1.32. The number of oxime groups is 1. The van der Waals surface area contributed by atoms with E-state index < -0.39 is 12.5 Å². The Morgan fingerprint density at radius 2 is 2.00 bits per heavy atom. The molecule has 0 saturated carbocycles. The first kappa shape index (κ1) is 21.7. The third-order valence-corrected chi connectivity index (χ3v) is 3.95. The Kier molecular flexibility index (Phi) is 8.28. The van der Waals surface area contributed by atoms with E-state index in [0.29, 0.717) is 21.2 Å². The number of alkyl halides is 2. The molecule has 0 spiro atoms. The van der Waals surface area contributed by atoms with Crippen molar-refractivity contribution in [1.82, 2.24) is 5.32 Å². The van der Waals surface area contributed by atoms with Crippen LogP contribution in [0, 0.1) is 0 Å². The summed E-state index contributed by atoms with van der Waals surface area (Å²) < 4.78 is 33.9. The SMILES string of the molecule is COc1cc(/C=N/OCC(=O)NCc2ccc(Cl)cc2Cl)ccc1OC(F)F. The molecule has 0 aliphatic rings. The average Bonchev–Trinajstić information content (AvgIpc) is 2.65. The lowest BCUT2D eigenvalue weighted by molar-refractivity contribution is -0.125. The topological polar surface area (TPSA) is 69.2 Å². The van der Waals surface area contributed by atoms with Gasteiger partial charge in [0.15, 0.2) is 18.1 Å². The molecule has 2 aromatic rings. The maximum atomic E-state index is 12.3. The molecule has 6 nitrogen and oxygen atoms in total. The number of rotatable bonds is 9. The summed E-state index contributed by atoms with van der Waals surface area (Å²) in [4.78, 5) is 16.7. The first-order valence-electron chi connectivity index (χ1n) is 7.88. The van der Waals surface area contributed by atoms with Crippen molar-refractivity contribution in [3.8, 4) is 11.5 Å². The number of halogens is 4. The molecule has 0 aromatic heterocycles. The summed E-state index contributed by atoms with van der Waals surface area (Å²) >= 11 is 11.8. The molecule has 150 valence electrons. The minimum Gasteiger partial charge on any atom is -0.493 e. The number of carbonyl (C=O) groups is 1. The van der Waals surface area contributed by atoms with Gasteiger partial charge in [0.05, 0.1) is 13.3 Å². The van der Waals surface area contributed by atoms with Crippen LogP contribution < -0.4 is 14.8 Å². The Labute approximate surface area is 170 Å². The summed E-state index contributed by atoms with van der Waals surface area (Å²) in [6.07, 6.45) is 1.30. The smallest absolute Gasteiger partial charge is 0.387 e. The molecule has 0 unspecified atom stereocenters. The molecule has 28 heavy (non-hydrogen) atoms. The van der Waals surface area contributed by atoms with Crippen LogP contribution in [0.15, 0.2) is 41.6 Å². The van der Waals surface area contributed by atoms with Crippen LogP contribution >= 0.6 is 23.2 Å². The van der Waals surface area contributed by atoms with Crippen molar-refractivity contribution in [2.45, 2.75) is 13.2 Å². The fourth-order valence-corrected chi connectivity index (χ4v) is 2.54. The van der Waals surface area contributed by atoms with Gasteiger partial charge in [-0.05, 0) is 35.9 Å². The van der Waals surface area contributed by atoms with Gasteiger partial charge >= 0.3 is 6.61 Å². The highest BCUT2D eigenvalue weighted by Crippen LogP contribution is 2.29. The van der Waals surface area contributed by atoms with Gasteiger partial charge in [0.1, 0.15) is 0 Å². The molecule has 0 atom stereocenters. The molecule has 0 aliphatic heterocycles. The maximum Gasteiger partial charge on any atom is 0.387 e. The Morgan fingerprint density at radius 3 is 2.68 bits per heavy atom. The lowest BCUT2D eigenvalue weighted by atomic mass is 10.2. The molecule has 2 rings (SSSR count). The molecule has 10 heteroatoms. The zero-order chi connectivity index (χ0) is 20.5. The number of amides is 1. The predicted octanol–water partition coefficient (Wildman–Crippen LogP) is 4.27. The number of nitrogens with zero attached hydrogens (tertiary/aromatic N) is 1. The summed E-state index contributed by atoms with van der Waals surface area (Å²) in [6, 6.07) is 9.19. The summed E-state index contributed by atoms with van der Waals surface area (Å²) in [5.74, 6) is -0.390. The molecule has 0 heterocycles. The lowest BCUT2D eigenvalue weighted by Crippen LogP contribution is -2.26. The van der Waals surface area contributed by atoms with Gasteiger partial charge in [-0.1, -0.05) is 34.4 Å². The molecule has 1 N–H and O–H groups in total. The van der Waals surface area contributed by atoms with E-state index in [-0.39, 0.29) is 24.7 Å². The van der Waals surface area contributed by atoms with E-state index in [1.807, 2.05) is 0 Å². The Bertz CT molecular complexity index is 850. The molecule has 0 saturated heterocycles. The second-order valence-electron chi connectivity index (χ2n) is 5.31. The van der Waals surface area contributed by atoms with Gasteiger partial charge in [-0.25, -0.2) is 0 Å². The predicted molar refractivity (Wildman–Crippen MR) is 101 cm³/mol. The molecule has 0 aliphatic carbocycles. The van der Waals surface area contributed by atoms with Crippen LogP contribution in [-0.2, 0) is 16.2 Å². The largest absolute Gasteiger partial charge is 0.493 e. The van der Waals surface area contributed by atoms with E-state index >= 15 is 0 Å². The van der Waals surface area contributed by atoms with Gasteiger partial charge < -0.3 is 19.6 Å². The van der Waals surface area contributed by atoms with E-state index in [4.69, 9.17) is 32.8 Å². The fraction of sp³-hybridized carbons (Fsp3) is 0.222. The van der Waals surface area contributed by atoms with E-state index in [1.54, 1.807) is 18.2 Å². The van der Waals surface area contributed by atoms with Crippen molar-refractivity contribution in [2.75, 3.05) is 13.7 Å². The van der Waals surface area contributed by atoms with Gasteiger partial charge in [-0.2, -0.15) is 8.78 Å². The van der Waals surface area contributed by atoms with Crippen molar-refractivity contribution in [2.24, 2.45) is 5.16 Å². The van der Waals surface area contributed by atoms with Gasteiger partial charge in [0, 0.05) is 22.2 Å². The van der Waals surface area contributed by atoms with Gasteiger partial charge in [0.25, 0.3) is 5.91 Å². The highest BCUT2D eigenvalue weighted by Gasteiger charge is 2.10. The van der Waals surface area contributed by atoms with E-state index in [9.17, 15) is 13.6 Å². The minimum atomic E-state index is -2.96. The molecule has 1 amide bonds. The number of benzene rings is 2.